The van der Waals surface area contributed by atoms with Crippen LogP contribution in [0.5, 0.6) is 5.75 Å². The van der Waals surface area contributed by atoms with E-state index in [1.54, 1.807) is 0 Å². The molecule has 0 aromatic heterocycles. The van der Waals surface area contributed by atoms with Crippen LogP contribution in [0.4, 0.5) is 0 Å². The minimum Gasteiger partial charge on any atom is -0.489 e. The molecule has 2 aromatic carbocycles. The van der Waals surface area contributed by atoms with Gasteiger partial charge in [0.2, 0.25) is 0 Å². The number of halogens is 2. The number of ether oxygens (including phenoxy) is 1. The van der Waals surface area contributed by atoms with Crippen LogP contribution in [0.1, 0.15) is 11.1 Å². The van der Waals surface area contributed by atoms with Gasteiger partial charge in [-0.15, -0.1) is 0 Å². The van der Waals surface area contributed by atoms with Crippen molar-refractivity contribution in [2.45, 2.75) is 13.2 Å². The molecule has 18 heavy (non-hydrogen) atoms. The molecule has 0 heterocycles. The van der Waals surface area contributed by atoms with Crippen molar-refractivity contribution in [2.75, 3.05) is 0 Å². The Labute approximate surface area is 123 Å². The quantitative estimate of drug-likeness (QED) is 0.873. The predicted octanol–water partition coefficient (Wildman–Crippen LogP) is 4.25. The fraction of sp³-hybridized carbons (Fsp3) is 0.143. The van der Waals surface area contributed by atoms with Gasteiger partial charge in [-0.3, -0.25) is 0 Å². The summed E-state index contributed by atoms with van der Waals surface area (Å²) in [5.41, 5.74) is 7.84. The second kappa shape index (κ2) is 6.36. The molecule has 0 atom stereocenters. The number of benzene rings is 2. The number of nitrogens with two attached hydrogens (primary N) is 1. The van der Waals surface area contributed by atoms with Crippen LogP contribution in [0.15, 0.2) is 51.4 Å². The van der Waals surface area contributed by atoms with Gasteiger partial charge in [-0.05, 0) is 29.8 Å². The van der Waals surface area contributed by atoms with Gasteiger partial charge in [0.15, 0.2) is 0 Å². The summed E-state index contributed by atoms with van der Waals surface area (Å²) in [7, 11) is 0. The Morgan fingerprint density at radius 3 is 2.56 bits per heavy atom. The predicted molar refractivity (Wildman–Crippen MR) is 80.5 cm³/mol. The second-order valence-electron chi connectivity index (χ2n) is 3.84. The van der Waals surface area contributed by atoms with Crippen LogP contribution in [-0.2, 0) is 13.2 Å². The molecule has 0 amide bonds. The van der Waals surface area contributed by atoms with E-state index in [0.29, 0.717) is 13.2 Å². The molecule has 2 aromatic rings. The highest BCUT2D eigenvalue weighted by molar-refractivity contribution is 9.10. The van der Waals surface area contributed by atoms with E-state index in [1.165, 1.54) is 0 Å². The molecule has 0 aliphatic carbocycles. The van der Waals surface area contributed by atoms with Crippen molar-refractivity contribution in [2.24, 2.45) is 5.73 Å². The molecule has 0 unspecified atom stereocenters. The van der Waals surface area contributed by atoms with Gasteiger partial charge >= 0.3 is 0 Å². The fourth-order valence-corrected chi connectivity index (χ4v) is 2.62. The van der Waals surface area contributed by atoms with E-state index in [4.69, 9.17) is 10.5 Å². The summed E-state index contributed by atoms with van der Waals surface area (Å²) in [6, 6.07) is 13.9. The normalized spacial score (nSPS) is 10.4. The van der Waals surface area contributed by atoms with E-state index in [-0.39, 0.29) is 0 Å². The lowest BCUT2D eigenvalue weighted by Crippen LogP contribution is -2.03. The van der Waals surface area contributed by atoms with Crippen molar-refractivity contribution in [3.63, 3.8) is 0 Å². The molecule has 0 fully saturated rings. The highest BCUT2D eigenvalue weighted by Crippen LogP contribution is 2.27. The maximum absolute atomic E-state index is 5.82. The molecule has 0 aliphatic rings. The van der Waals surface area contributed by atoms with Crippen molar-refractivity contribution in [1.29, 1.82) is 0 Å². The summed E-state index contributed by atoms with van der Waals surface area (Å²) in [4.78, 5) is 0. The molecule has 2 rings (SSSR count). The Morgan fingerprint density at radius 1 is 1.06 bits per heavy atom. The van der Waals surface area contributed by atoms with Crippen molar-refractivity contribution in [3.8, 4) is 5.75 Å². The second-order valence-corrected chi connectivity index (χ2v) is 5.61. The summed E-state index contributed by atoms with van der Waals surface area (Å²) in [5.74, 6) is 0.826. The topological polar surface area (TPSA) is 35.2 Å². The molecular formula is C14H13Br2NO. The summed E-state index contributed by atoms with van der Waals surface area (Å²) >= 11 is 6.92. The third kappa shape index (κ3) is 3.34. The first-order chi connectivity index (χ1) is 8.70. The largest absolute Gasteiger partial charge is 0.489 e. The van der Waals surface area contributed by atoms with Crippen molar-refractivity contribution in [3.05, 3.63) is 62.5 Å². The zero-order valence-corrected chi connectivity index (χ0v) is 12.9. The van der Waals surface area contributed by atoms with Crippen molar-refractivity contribution in [1.82, 2.24) is 0 Å². The number of hydrogen-bond acceptors (Lipinski definition) is 2. The van der Waals surface area contributed by atoms with Gasteiger partial charge in [0.1, 0.15) is 12.4 Å². The fourth-order valence-electron chi connectivity index (χ4n) is 1.66. The van der Waals surface area contributed by atoms with Crippen LogP contribution in [0.2, 0.25) is 0 Å². The van der Waals surface area contributed by atoms with Crippen LogP contribution >= 0.6 is 31.9 Å². The molecule has 0 aliphatic heterocycles. The van der Waals surface area contributed by atoms with E-state index in [2.05, 4.69) is 31.9 Å². The summed E-state index contributed by atoms with van der Waals surface area (Å²) in [6.07, 6.45) is 0. The highest BCUT2D eigenvalue weighted by Gasteiger charge is 2.06. The third-order valence-electron chi connectivity index (χ3n) is 2.56. The first-order valence-electron chi connectivity index (χ1n) is 5.55. The van der Waals surface area contributed by atoms with Gasteiger partial charge < -0.3 is 10.5 Å². The zero-order chi connectivity index (χ0) is 13.0. The van der Waals surface area contributed by atoms with Gasteiger partial charge in [0.25, 0.3) is 0 Å². The molecule has 0 spiro atoms. The first kappa shape index (κ1) is 13.6. The molecular weight excluding hydrogens is 358 g/mol. The van der Waals surface area contributed by atoms with Crippen LogP contribution in [-0.4, -0.2) is 0 Å². The molecule has 94 valence electrons. The molecule has 4 heteroatoms. The highest BCUT2D eigenvalue weighted by atomic mass is 79.9. The lowest BCUT2D eigenvalue weighted by Gasteiger charge is -2.12. The number of hydrogen-bond donors (Lipinski definition) is 1. The van der Waals surface area contributed by atoms with Gasteiger partial charge in [-0.2, -0.15) is 0 Å². The molecule has 2 N–H and O–H groups in total. The van der Waals surface area contributed by atoms with Crippen LogP contribution < -0.4 is 10.5 Å². The Bertz CT molecular complexity index is 543. The van der Waals surface area contributed by atoms with E-state index in [9.17, 15) is 0 Å². The van der Waals surface area contributed by atoms with Gasteiger partial charge in [-0.25, -0.2) is 0 Å². The summed E-state index contributed by atoms with van der Waals surface area (Å²) in [6.45, 7) is 0.984. The van der Waals surface area contributed by atoms with Crippen LogP contribution in [0, 0.1) is 0 Å². The number of rotatable bonds is 4. The standard InChI is InChI=1S/C14H13Br2NO/c15-11-4-1-3-10(7-11)9-18-14-6-2-5-13(16)12(14)8-17/h1-7H,8-9,17H2. The maximum atomic E-state index is 5.82. The monoisotopic (exact) mass is 369 g/mol. The van der Waals surface area contributed by atoms with Crippen molar-refractivity contribution >= 4 is 31.9 Å². The minimum atomic E-state index is 0.454. The summed E-state index contributed by atoms with van der Waals surface area (Å²) < 4.78 is 7.85. The molecule has 0 radical (unpaired) electrons. The Hall–Kier alpha value is -0.840. The van der Waals surface area contributed by atoms with E-state index in [0.717, 1.165) is 25.8 Å². The average Bonchev–Trinajstić information content (AvgIpc) is 2.36. The Morgan fingerprint density at radius 2 is 1.83 bits per heavy atom. The third-order valence-corrected chi connectivity index (χ3v) is 3.80. The molecule has 0 saturated carbocycles. The SMILES string of the molecule is NCc1c(Br)cccc1OCc1cccc(Br)c1. The molecule has 0 bridgehead atoms. The smallest absolute Gasteiger partial charge is 0.125 e. The Kier molecular flexibility index (Phi) is 4.80. The van der Waals surface area contributed by atoms with Gasteiger partial charge in [0.05, 0.1) is 0 Å². The first-order valence-corrected chi connectivity index (χ1v) is 7.14. The van der Waals surface area contributed by atoms with Crippen LogP contribution in [0.25, 0.3) is 0 Å². The maximum Gasteiger partial charge on any atom is 0.125 e. The molecule has 2 nitrogen and oxygen atoms in total. The van der Waals surface area contributed by atoms with E-state index < -0.39 is 0 Å². The van der Waals surface area contributed by atoms with Gasteiger partial charge in [-0.1, -0.05) is 50.1 Å². The zero-order valence-electron chi connectivity index (χ0n) is 9.70. The Balaban J connectivity index is 2.13. The van der Waals surface area contributed by atoms with Crippen molar-refractivity contribution < 1.29 is 4.74 Å². The summed E-state index contributed by atoms with van der Waals surface area (Å²) in [5, 5.41) is 0. The van der Waals surface area contributed by atoms with E-state index >= 15 is 0 Å². The lowest BCUT2D eigenvalue weighted by molar-refractivity contribution is 0.302. The minimum absolute atomic E-state index is 0.454. The van der Waals surface area contributed by atoms with Crippen LogP contribution in [0.3, 0.4) is 0 Å². The van der Waals surface area contributed by atoms with Gasteiger partial charge in [0, 0.05) is 21.1 Å². The van der Waals surface area contributed by atoms with E-state index in [1.807, 2.05) is 42.5 Å². The average molecular weight is 371 g/mol. The lowest BCUT2D eigenvalue weighted by atomic mass is 10.2. The molecule has 0 saturated heterocycles.